The summed E-state index contributed by atoms with van der Waals surface area (Å²) in [5, 5.41) is 8.68. The average molecular weight is 241 g/mol. The van der Waals surface area contributed by atoms with Crippen molar-refractivity contribution in [1.29, 1.82) is 0 Å². The number of amides is 1. The van der Waals surface area contributed by atoms with Gasteiger partial charge in [0.25, 0.3) is 0 Å². The monoisotopic (exact) mass is 241 g/mol. The van der Waals surface area contributed by atoms with E-state index in [1.54, 1.807) is 4.90 Å². The third-order valence-electron chi connectivity index (χ3n) is 3.22. The van der Waals surface area contributed by atoms with E-state index < -0.39 is 5.97 Å². The lowest BCUT2D eigenvalue weighted by Crippen LogP contribution is -2.37. The summed E-state index contributed by atoms with van der Waals surface area (Å²) in [5.74, 6) is 0.218. The molecule has 1 aliphatic rings. The molecule has 0 aromatic carbocycles. The summed E-state index contributed by atoms with van der Waals surface area (Å²) in [7, 11) is 0. The van der Waals surface area contributed by atoms with Crippen LogP contribution in [-0.4, -0.2) is 35.0 Å². The van der Waals surface area contributed by atoms with E-state index in [0.29, 0.717) is 31.3 Å². The highest BCUT2D eigenvalue weighted by atomic mass is 16.4. The van der Waals surface area contributed by atoms with Gasteiger partial charge in [-0.3, -0.25) is 9.59 Å². The summed E-state index contributed by atoms with van der Waals surface area (Å²) < 4.78 is 0. The van der Waals surface area contributed by atoms with E-state index in [2.05, 4.69) is 0 Å². The van der Waals surface area contributed by atoms with Crippen molar-refractivity contribution in [3.8, 4) is 0 Å². The summed E-state index contributed by atoms with van der Waals surface area (Å²) in [6.45, 7) is 5.10. The van der Waals surface area contributed by atoms with Crippen molar-refractivity contribution in [2.24, 2.45) is 11.8 Å². The first kappa shape index (κ1) is 14.0. The van der Waals surface area contributed by atoms with Crippen molar-refractivity contribution >= 4 is 11.9 Å². The number of rotatable bonds is 7. The molecule has 0 spiro atoms. The van der Waals surface area contributed by atoms with Gasteiger partial charge < -0.3 is 10.0 Å². The fraction of sp³-hybridized carbons (Fsp3) is 0.846. The molecule has 0 unspecified atom stereocenters. The fourth-order valence-corrected chi connectivity index (χ4v) is 2.06. The topological polar surface area (TPSA) is 57.6 Å². The van der Waals surface area contributed by atoms with Crippen molar-refractivity contribution in [3.05, 3.63) is 0 Å². The molecule has 0 saturated heterocycles. The van der Waals surface area contributed by atoms with E-state index in [1.165, 1.54) is 6.42 Å². The lowest BCUT2D eigenvalue weighted by Gasteiger charge is -2.29. The Morgan fingerprint density at radius 3 is 2.41 bits per heavy atom. The van der Waals surface area contributed by atoms with Gasteiger partial charge in [-0.15, -0.1) is 0 Å². The minimum atomic E-state index is -0.838. The Labute approximate surface area is 103 Å². The number of carbonyl (C=O) groups excluding carboxylic acids is 1. The number of carboxylic acid groups (broad SMARTS) is 1. The molecule has 0 aliphatic heterocycles. The maximum absolute atomic E-state index is 12.0. The largest absolute Gasteiger partial charge is 0.481 e. The summed E-state index contributed by atoms with van der Waals surface area (Å²) in [4.78, 5) is 24.3. The summed E-state index contributed by atoms with van der Waals surface area (Å²) >= 11 is 0. The van der Waals surface area contributed by atoms with Crippen LogP contribution in [-0.2, 0) is 9.59 Å². The maximum atomic E-state index is 12.0. The smallest absolute Gasteiger partial charge is 0.305 e. The zero-order valence-corrected chi connectivity index (χ0v) is 10.8. The molecule has 98 valence electrons. The summed E-state index contributed by atoms with van der Waals surface area (Å²) in [6.07, 6.45) is 4.19. The zero-order valence-electron chi connectivity index (χ0n) is 10.8. The highest BCUT2D eigenvalue weighted by Gasteiger charge is 2.24. The Morgan fingerprint density at radius 2 is 2.00 bits per heavy atom. The Morgan fingerprint density at radius 1 is 1.35 bits per heavy atom. The van der Waals surface area contributed by atoms with Crippen LogP contribution in [0.25, 0.3) is 0 Å². The molecule has 0 atom stereocenters. The third-order valence-corrected chi connectivity index (χ3v) is 3.22. The summed E-state index contributed by atoms with van der Waals surface area (Å²) in [5.41, 5.74) is 0. The molecule has 1 N–H and O–H groups in total. The van der Waals surface area contributed by atoms with Crippen molar-refractivity contribution < 1.29 is 14.7 Å². The van der Waals surface area contributed by atoms with Gasteiger partial charge in [-0.25, -0.2) is 0 Å². The highest BCUT2D eigenvalue weighted by molar-refractivity contribution is 5.77. The molecule has 1 fully saturated rings. The summed E-state index contributed by atoms with van der Waals surface area (Å²) in [6, 6.07) is 0. The average Bonchev–Trinajstić information content (AvgIpc) is 2.17. The number of carbonyl (C=O) groups is 2. The van der Waals surface area contributed by atoms with Gasteiger partial charge in [-0.1, -0.05) is 20.3 Å². The number of hydrogen-bond donors (Lipinski definition) is 1. The molecule has 1 aliphatic carbocycles. The Hall–Kier alpha value is -1.06. The Bertz CT molecular complexity index is 272. The molecule has 0 heterocycles. The van der Waals surface area contributed by atoms with Crippen LogP contribution in [0, 0.1) is 11.8 Å². The number of hydrogen-bond acceptors (Lipinski definition) is 2. The standard InChI is InChI=1S/C13H23NO3/c1-10(2)9-14(7-6-13(16)17)12(15)8-11-4-3-5-11/h10-11H,3-9H2,1-2H3,(H,16,17). The molecule has 1 amide bonds. The predicted octanol–water partition coefficient (Wildman–Crippen LogP) is 2.14. The Balaban J connectivity index is 2.41. The second kappa shape index (κ2) is 6.62. The molecule has 0 aromatic heterocycles. The lowest BCUT2D eigenvalue weighted by molar-refractivity contribution is -0.139. The van der Waals surface area contributed by atoms with E-state index in [0.717, 1.165) is 12.8 Å². The lowest BCUT2D eigenvalue weighted by atomic mass is 9.82. The van der Waals surface area contributed by atoms with Crippen molar-refractivity contribution in [3.63, 3.8) is 0 Å². The number of nitrogens with zero attached hydrogens (tertiary/aromatic N) is 1. The molecule has 0 radical (unpaired) electrons. The van der Waals surface area contributed by atoms with E-state index in [9.17, 15) is 9.59 Å². The van der Waals surface area contributed by atoms with Crippen LogP contribution in [0.4, 0.5) is 0 Å². The second-order valence-corrected chi connectivity index (χ2v) is 5.38. The van der Waals surface area contributed by atoms with Crippen LogP contribution >= 0.6 is 0 Å². The maximum Gasteiger partial charge on any atom is 0.305 e. The van der Waals surface area contributed by atoms with Crippen molar-refractivity contribution in [2.75, 3.05) is 13.1 Å². The van der Waals surface area contributed by atoms with Crippen molar-refractivity contribution in [2.45, 2.75) is 46.0 Å². The number of aliphatic carboxylic acids is 1. The van der Waals surface area contributed by atoms with E-state index in [4.69, 9.17) is 5.11 Å². The van der Waals surface area contributed by atoms with Crippen LogP contribution in [0.15, 0.2) is 0 Å². The number of carboxylic acids is 1. The zero-order chi connectivity index (χ0) is 12.8. The molecular weight excluding hydrogens is 218 g/mol. The van der Waals surface area contributed by atoms with Gasteiger partial charge in [0.1, 0.15) is 0 Å². The van der Waals surface area contributed by atoms with Gasteiger partial charge in [-0.05, 0) is 24.7 Å². The minimum Gasteiger partial charge on any atom is -0.481 e. The van der Waals surface area contributed by atoms with Crippen LogP contribution in [0.2, 0.25) is 0 Å². The first-order valence-corrected chi connectivity index (χ1v) is 6.48. The Kier molecular flexibility index (Phi) is 5.45. The molecule has 1 rings (SSSR count). The van der Waals surface area contributed by atoms with E-state index >= 15 is 0 Å². The van der Waals surface area contributed by atoms with Crippen LogP contribution < -0.4 is 0 Å². The second-order valence-electron chi connectivity index (χ2n) is 5.38. The quantitative estimate of drug-likeness (QED) is 0.743. The molecule has 0 aromatic rings. The predicted molar refractivity (Wildman–Crippen MR) is 65.6 cm³/mol. The molecule has 4 heteroatoms. The van der Waals surface area contributed by atoms with Gasteiger partial charge in [0, 0.05) is 19.5 Å². The van der Waals surface area contributed by atoms with Gasteiger partial charge in [0.05, 0.1) is 6.42 Å². The van der Waals surface area contributed by atoms with Crippen molar-refractivity contribution in [1.82, 2.24) is 4.90 Å². The van der Waals surface area contributed by atoms with Crippen LogP contribution in [0.3, 0.4) is 0 Å². The first-order chi connectivity index (χ1) is 7.99. The molecule has 17 heavy (non-hydrogen) atoms. The van der Waals surface area contributed by atoms with Gasteiger partial charge >= 0.3 is 5.97 Å². The first-order valence-electron chi connectivity index (χ1n) is 6.48. The highest BCUT2D eigenvalue weighted by Crippen LogP contribution is 2.29. The van der Waals surface area contributed by atoms with Gasteiger partial charge in [0.2, 0.25) is 5.91 Å². The molecule has 1 saturated carbocycles. The fourth-order valence-electron chi connectivity index (χ4n) is 2.06. The van der Waals surface area contributed by atoms with E-state index in [1.807, 2.05) is 13.8 Å². The molecular formula is C13H23NO3. The van der Waals surface area contributed by atoms with E-state index in [-0.39, 0.29) is 12.3 Å². The molecule has 4 nitrogen and oxygen atoms in total. The van der Waals surface area contributed by atoms with Gasteiger partial charge in [0.15, 0.2) is 0 Å². The SMILES string of the molecule is CC(C)CN(CCC(=O)O)C(=O)CC1CCC1. The third kappa shape index (κ3) is 5.20. The molecule has 0 bridgehead atoms. The normalized spacial score (nSPS) is 15.7. The van der Waals surface area contributed by atoms with Crippen LogP contribution in [0.1, 0.15) is 46.0 Å². The van der Waals surface area contributed by atoms with Crippen LogP contribution in [0.5, 0.6) is 0 Å². The minimum absolute atomic E-state index is 0.0448. The van der Waals surface area contributed by atoms with Gasteiger partial charge in [-0.2, -0.15) is 0 Å².